The standard InChI is InChI=1S/C48H52N2O11/c1-47(2,3)60-42(53)22-21-38(31-52)50-45(55)34-15-12-13-32(27-34)30-49-44(54)35-28-40(58-46(56)39-20-11-10-14-33(39)23-25-57-26-24-51)43-41(29-35)59-48(61-43,36-16-6-4-7-17-36)37-18-8-5-9-19-37/h4-20,23,25,27,29,38,40-41,43,51-52H,21-22,24,26,28,30-31H2,1-3H3,(H,49,54)(H,50,55)/t38-,40+,41+,43-/m0/s1. The van der Waals surface area contributed by atoms with Gasteiger partial charge in [-0.2, -0.15) is 0 Å². The molecule has 320 valence electrons. The van der Waals surface area contributed by atoms with Crippen LogP contribution >= 0.6 is 0 Å². The molecular weight excluding hydrogens is 781 g/mol. The van der Waals surface area contributed by atoms with Gasteiger partial charge >= 0.3 is 11.9 Å². The summed E-state index contributed by atoms with van der Waals surface area (Å²) in [6.45, 7) is 4.93. The van der Waals surface area contributed by atoms with Crippen molar-refractivity contribution in [3.05, 3.63) is 160 Å². The van der Waals surface area contributed by atoms with E-state index in [0.29, 0.717) is 22.3 Å². The van der Waals surface area contributed by atoms with Crippen LogP contribution in [0.1, 0.15) is 83.0 Å². The number of nitrogens with one attached hydrogen (secondary N) is 2. The number of hydrogen-bond acceptors (Lipinski definition) is 11. The van der Waals surface area contributed by atoms with Crippen molar-refractivity contribution in [1.82, 2.24) is 10.6 Å². The van der Waals surface area contributed by atoms with Crippen LogP contribution in [-0.2, 0) is 45.6 Å². The number of hydrogen-bond donors (Lipinski definition) is 4. The molecule has 1 aliphatic heterocycles. The summed E-state index contributed by atoms with van der Waals surface area (Å²) in [5.41, 5.74) is 2.83. The van der Waals surface area contributed by atoms with Crippen LogP contribution in [0.3, 0.4) is 0 Å². The molecule has 6 rings (SSSR count). The Hall–Kier alpha value is -6.12. The normalized spacial score (nSPS) is 18.6. The summed E-state index contributed by atoms with van der Waals surface area (Å²) < 4.78 is 30.5. The molecule has 13 nitrogen and oxygen atoms in total. The largest absolute Gasteiger partial charge is 0.499 e. The van der Waals surface area contributed by atoms with Gasteiger partial charge in [-0.3, -0.25) is 14.4 Å². The summed E-state index contributed by atoms with van der Waals surface area (Å²) in [5.74, 6) is -3.33. The van der Waals surface area contributed by atoms with Gasteiger partial charge in [0, 0.05) is 41.6 Å². The van der Waals surface area contributed by atoms with Crippen LogP contribution in [0.2, 0.25) is 0 Å². The van der Waals surface area contributed by atoms with Gasteiger partial charge in [0.2, 0.25) is 11.7 Å². The minimum atomic E-state index is -1.39. The van der Waals surface area contributed by atoms with Crippen LogP contribution in [-0.4, -0.2) is 83.7 Å². The second-order valence-electron chi connectivity index (χ2n) is 15.7. The zero-order chi connectivity index (χ0) is 43.4. The van der Waals surface area contributed by atoms with Crippen molar-refractivity contribution in [2.45, 2.75) is 82.3 Å². The Morgan fingerprint density at radius 3 is 2.23 bits per heavy atom. The predicted molar refractivity (Wildman–Crippen MR) is 226 cm³/mol. The molecule has 0 aromatic heterocycles. The lowest BCUT2D eigenvalue weighted by Crippen LogP contribution is -2.43. The molecule has 0 radical (unpaired) electrons. The maximum absolute atomic E-state index is 14.0. The van der Waals surface area contributed by atoms with E-state index in [1.54, 1.807) is 81.5 Å². The van der Waals surface area contributed by atoms with E-state index in [1.165, 1.54) is 6.26 Å². The van der Waals surface area contributed by atoms with Crippen LogP contribution < -0.4 is 10.6 Å². The van der Waals surface area contributed by atoms with Gasteiger partial charge in [0.15, 0.2) is 0 Å². The monoisotopic (exact) mass is 832 g/mol. The number of benzene rings is 4. The first-order valence-corrected chi connectivity index (χ1v) is 20.3. The number of aliphatic hydroxyl groups excluding tert-OH is 2. The number of esters is 2. The molecule has 4 atom stereocenters. The number of aliphatic hydroxyl groups is 2. The first-order valence-electron chi connectivity index (χ1n) is 20.3. The lowest BCUT2D eigenvalue weighted by Gasteiger charge is -2.31. The van der Waals surface area contributed by atoms with E-state index in [0.717, 1.165) is 11.1 Å². The Labute approximate surface area is 355 Å². The van der Waals surface area contributed by atoms with E-state index >= 15 is 0 Å². The molecule has 1 saturated heterocycles. The first-order chi connectivity index (χ1) is 29.4. The summed E-state index contributed by atoms with van der Waals surface area (Å²) in [6, 6.07) is 31.8. The van der Waals surface area contributed by atoms with E-state index in [2.05, 4.69) is 10.6 Å². The van der Waals surface area contributed by atoms with E-state index in [9.17, 15) is 24.3 Å². The molecule has 4 aromatic carbocycles. The fourth-order valence-corrected chi connectivity index (χ4v) is 7.14. The third-order valence-electron chi connectivity index (χ3n) is 9.99. The smallest absolute Gasteiger partial charge is 0.339 e. The Morgan fingerprint density at radius 2 is 1.56 bits per heavy atom. The van der Waals surface area contributed by atoms with Gasteiger partial charge in [-0.1, -0.05) is 91.0 Å². The SMILES string of the molecule is CC(C)(C)OC(=O)CC[C@@H](CO)NC(=O)c1cccc(CNC(=O)C2=C[C@H]3OC(c4ccccc4)(c4ccccc4)O[C@H]3[C@H](OC(=O)c3ccccc3C=COCCO)C2)c1. The van der Waals surface area contributed by atoms with Gasteiger partial charge in [0.25, 0.3) is 5.91 Å². The van der Waals surface area contributed by atoms with Crippen LogP contribution in [0.25, 0.3) is 6.08 Å². The Morgan fingerprint density at radius 1 is 0.869 bits per heavy atom. The molecule has 2 amide bonds. The molecule has 2 aliphatic rings. The van der Waals surface area contributed by atoms with Gasteiger partial charge in [0.1, 0.15) is 30.5 Å². The van der Waals surface area contributed by atoms with Crippen molar-refractivity contribution in [2.24, 2.45) is 0 Å². The van der Waals surface area contributed by atoms with Crippen molar-refractivity contribution in [3.63, 3.8) is 0 Å². The molecule has 0 unspecified atom stereocenters. The molecule has 4 N–H and O–H groups in total. The maximum atomic E-state index is 14.0. The fraction of sp³-hybridized carbons (Fsp3) is 0.333. The Kier molecular flexibility index (Phi) is 14.9. The molecule has 1 fully saturated rings. The van der Waals surface area contributed by atoms with Gasteiger partial charge < -0.3 is 44.5 Å². The molecule has 0 bridgehead atoms. The molecule has 0 saturated carbocycles. The minimum Gasteiger partial charge on any atom is -0.499 e. The lowest BCUT2D eigenvalue weighted by molar-refractivity contribution is -0.157. The molecule has 13 heteroatoms. The van der Waals surface area contributed by atoms with E-state index in [4.69, 9.17) is 28.8 Å². The third-order valence-corrected chi connectivity index (χ3v) is 9.99. The lowest BCUT2D eigenvalue weighted by atomic mass is 9.91. The summed E-state index contributed by atoms with van der Waals surface area (Å²) in [7, 11) is 0. The summed E-state index contributed by atoms with van der Waals surface area (Å²) in [4.78, 5) is 53.4. The Bertz CT molecular complexity index is 2160. The fourth-order valence-electron chi connectivity index (χ4n) is 7.14. The van der Waals surface area contributed by atoms with Gasteiger partial charge in [-0.05, 0) is 68.7 Å². The topological polar surface area (TPSA) is 179 Å². The zero-order valence-corrected chi connectivity index (χ0v) is 34.5. The van der Waals surface area contributed by atoms with Crippen molar-refractivity contribution < 1.29 is 53.1 Å². The van der Waals surface area contributed by atoms with Gasteiger partial charge in [0.05, 0.1) is 31.1 Å². The highest BCUT2D eigenvalue weighted by Crippen LogP contribution is 2.47. The van der Waals surface area contributed by atoms with Crippen LogP contribution in [0.4, 0.5) is 0 Å². The number of amides is 2. The number of carbonyl (C=O) groups excluding carboxylic acids is 4. The Balaban J connectivity index is 1.21. The molecule has 0 spiro atoms. The quantitative estimate of drug-likeness (QED) is 0.0580. The van der Waals surface area contributed by atoms with Crippen molar-refractivity contribution in [3.8, 4) is 0 Å². The van der Waals surface area contributed by atoms with E-state index in [-0.39, 0.29) is 51.2 Å². The zero-order valence-electron chi connectivity index (χ0n) is 34.5. The van der Waals surface area contributed by atoms with Crippen molar-refractivity contribution in [2.75, 3.05) is 19.8 Å². The van der Waals surface area contributed by atoms with Crippen LogP contribution in [0.15, 0.2) is 127 Å². The van der Waals surface area contributed by atoms with Crippen LogP contribution in [0, 0.1) is 0 Å². The maximum Gasteiger partial charge on any atom is 0.339 e. The minimum absolute atomic E-state index is 0.00761. The first kappa shape index (κ1) is 44.4. The van der Waals surface area contributed by atoms with Gasteiger partial charge in [-0.15, -0.1) is 0 Å². The molecular formula is C48H52N2O11. The molecule has 61 heavy (non-hydrogen) atoms. The van der Waals surface area contributed by atoms with Gasteiger partial charge in [-0.25, -0.2) is 4.79 Å². The summed E-state index contributed by atoms with van der Waals surface area (Å²) in [6.07, 6.45) is 2.37. The number of rotatable bonds is 17. The highest BCUT2D eigenvalue weighted by atomic mass is 16.8. The van der Waals surface area contributed by atoms with E-state index < -0.39 is 59.5 Å². The predicted octanol–water partition coefficient (Wildman–Crippen LogP) is 5.74. The number of carbonyl (C=O) groups is 4. The average molecular weight is 833 g/mol. The number of fused-ring (bicyclic) bond motifs is 1. The second-order valence-corrected chi connectivity index (χ2v) is 15.7. The average Bonchev–Trinajstić information content (AvgIpc) is 3.67. The second kappa shape index (κ2) is 20.4. The summed E-state index contributed by atoms with van der Waals surface area (Å²) >= 11 is 0. The van der Waals surface area contributed by atoms with Crippen LogP contribution in [0.5, 0.6) is 0 Å². The molecule has 1 aliphatic carbocycles. The highest BCUT2D eigenvalue weighted by Gasteiger charge is 2.55. The molecule has 4 aromatic rings. The van der Waals surface area contributed by atoms with Crippen molar-refractivity contribution >= 4 is 29.8 Å². The highest BCUT2D eigenvalue weighted by molar-refractivity contribution is 5.96. The van der Waals surface area contributed by atoms with Crippen molar-refractivity contribution in [1.29, 1.82) is 0 Å². The van der Waals surface area contributed by atoms with E-state index in [1.807, 2.05) is 60.7 Å². The number of ether oxygens (including phenoxy) is 5. The molecule has 1 heterocycles. The third kappa shape index (κ3) is 11.6. The summed E-state index contributed by atoms with van der Waals surface area (Å²) in [5, 5.41) is 24.7.